The molecule has 0 fully saturated rings. The number of para-hydroxylation sites is 1. The number of rotatable bonds is 2. The summed E-state index contributed by atoms with van der Waals surface area (Å²) in [5, 5.41) is 3.12. The molecule has 0 aliphatic carbocycles. The van der Waals surface area contributed by atoms with E-state index in [1.54, 1.807) is 0 Å². The number of halogens is 1. The summed E-state index contributed by atoms with van der Waals surface area (Å²) in [4.78, 5) is 0. The molecule has 0 unspecified atom stereocenters. The second-order valence-corrected chi connectivity index (χ2v) is 2.58. The van der Waals surface area contributed by atoms with E-state index in [2.05, 4.69) is 18.0 Å². The maximum atomic E-state index is 3.89. The molecule has 0 heterocycles. The van der Waals surface area contributed by atoms with Gasteiger partial charge in [0.1, 0.15) is 0 Å². The highest BCUT2D eigenvalue weighted by Crippen LogP contribution is 2.20. The predicted octanol–water partition coefficient (Wildman–Crippen LogP) is 3.18. The van der Waals surface area contributed by atoms with Crippen LogP contribution in [0.15, 0.2) is 30.8 Å². The zero-order valence-electron chi connectivity index (χ0n) is 7.42. The minimum atomic E-state index is 0. The van der Waals surface area contributed by atoms with Crippen molar-refractivity contribution in [2.24, 2.45) is 0 Å². The van der Waals surface area contributed by atoms with Gasteiger partial charge in [0.15, 0.2) is 0 Å². The number of nitrogens with one attached hydrogen (secondary N) is 1. The normalized spacial score (nSPS) is 8.50. The van der Waals surface area contributed by atoms with Gasteiger partial charge in [0.2, 0.25) is 0 Å². The summed E-state index contributed by atoms with van der Waals surface area (Å²) in [6, 6.07) is 8.14. The van der Waals surface area contributed by atoms with Gasteiger partial charge >= 0.3 is 0 Å². The Kier molecular flexibility index (Phi) is 4.45. The van der Waals surface area contributed by atoms with Crippen molar-refractivity contribution >= 4 is 23.7 Å². The standard InChI is InChI=1S/C10H13N.ClH/c1-8(2)9-6-4-5-7-10(9)11-3;/h4-7,11H,1H2,2-3H3;1H. The van der Waals surface area contributed by atoms with E-state index in [-0.39, 0.29) is 12.4 Å². The van der Waals surface area contributed by atoms with Gasteiger partial charge in [0.05, 0.1) is 0 Å². The summed E-state index contributed by atoms with van der Waals surface area (Å²) in [7, 11) is 1.92. The monoisotopic (exact) mass is 183 g/mol. The van der Waals surface area contributed by atoms with Crippen molar-refractivity contribution in [3.63, 3.8) is 0 Å². The van der Waals surface area contributed by atoms with Crippen molar-refractivity contribution < 1.29 is 0 Å². The molecule has 0 atom stereocenters. The average molecular weight is 184 g/mol. The van der Waals surface area contributed by atoms with Crippen LogP contribution in [-0.4, -0.2) is 7.05 Å². The van der Waals surface area contributed by atoms with E-state index >= 15 is 0 Å². The van der Waals surface area contributed by atoms with Gasteiger partial charge in [0, 0.05) is 12.7 Å². The fourth-order valence-corrected chi connectivity index (χ4v) is 1.07. The first-order chi connectivity index (χ1) is 5.25. The molecule has 0 spiro atoms. The highest BCUT2D eigenvalue weighted by molar-refractivity contribution is 5.85. The first kappa shape index (κ1) is 11.1. The Hall–Kier alpha value is -0.950. The SMILES string of the molecule is C=C(C)c1ccccc1NC.Cl. The Morgan fingerprint density at radius 1 is 1.33 bits per heavy atom. The lowest BCUT2D eigenvalue weighted by atomic mass is 10.1. The smallest absolute Gasteiger partial charge is 0.0413 e. The quantitative estimate of drug-likeness (QED) is 0.743. The number of hydrogen-bond donors (Lipinski definition) is 1. The van der Waals surface area contributed by atoms with Crippen molar-refractivity contribution in [2.45, 2.75) is 6.92 Å². The first-order valence-electron chi connectivity index (χ1n) is 3.68. The molecule has 0 bridgehead atoms. The Bertz CT molecular complexity index is 268. The molecule has 2 heteroatoms. The summed E-state index contributed by atoms with van der Waals surface area (Å²) < 4.78 is 0. The fourth-order valence-electron chi connectivity index (χ4n) is 1.07. The molecule has 0 amide bonds. The van der Waals surface area contributed by atoms with Crippen LogP contribution in [0, 0.1) is 0 Å². The molecule has 0 radical (unpaired) electrons. The van der Waals surface area contributed by atoms with Crippen molar-refractivity contribution in [3.05, 3.63) is 36.4 Å². The molecule has 0 aliphatic heterocycles. The number of allylic oxidation sites excluding steroid dienone is 1. The maximum absolute atomic E-state index is 3.89. The molecule has 12 heavy (non-hydrogen) atoms. The van der Waals surface area contributed by atoms with Crippen LogP contribution in [0.4, 0.5) is 5.69 Å². The molecule has 0 aromatic heterocycles. The second-order valence-electron chi connectivity index (χ2n) is 2.58. The lowest BCUT2D eigenvalue weighted by Crippen LogP contribution is -1.91. The highest BCUT2D eigenvalue weighted by Gasteiger charge is 1.97. The van der Waals surface area contributed by atoms with E-state index in [0.717, 1.165) is 11.3 Å². The molecule has 1 aromatic carbocycles. The van der Waals surface area contributed by atoms with E-state index in [1.807, 2.05) is 32.2 Å². The summed E-state index contributed by atoms with van der Waals surface area (Å²) in [5.74, 6) is 0. The zero-order valence-corrected chi connectivity index (χ0v) is 8.24. The summed E-state index contributed by atoms with van der Waals surface area (Å²) in [6.45, 7) is 5.90. The lowest BCUT2D eigenvalue weighted by molar-refractivity contribution is 1.47. The van der Waals surface area contributed by atoms with E-state index in [4.69, 9.17) is 0 Å². The van der Waals surface area contributed by atoms with Crippen LogP contribution in [0.1, 0.15) is 12.5 Å². The largest absolute Gasteiger partial charge is 0.388 e. The summed E-state index contributed by atoms with van der Waals surface area (Å²) in [6.07, 6.45) is 0. The molecule has 1 N–H and O–H groups in total. The van der Waals surface area contributed by atoms with Crippen LogP contribution < -0.4 is 5.32 Å². The van der Waals surface area contributed by atoms with Gasteiger partial charge in [-0.2, -0.15) is 0 Å². The minimum Gasteiger partial charge on any atom is -0.388 e. The average Bonchev–Trinajstić information content (AvgIpc) is 2.04. The molecular weight excluding hydrogens is 170 g/mol. The zero-order chi connectivity index (χ0) is 8.27. The predicted molar refractivity (Wildman–Crippen MR) is 57.9 cm³/mol. The van der Waals surface area contributed by atoms with Crippen LogP contribution in [0.2, 0.25) is 0 Å². The van der Waals surface area contributed by atoms with E-state index < -0.39 is 0 Å². The van der Waals surface area contributed by atoms with Gasteiger partial charge in [-0.25, -0.2) is 0 Å². The molecule has 1 aromatic rings. The number of benzene rings is 1. The van der Waals surface area contributed by atoms with Crippen molar-refractivity contribution in [3.8, 4) is 0 Å². The van der Waals surface area contributed by atoms with Crippen LogP contribution >= 0.6 is 12.4 Å². The van der Waals surface area contributed by atoms with E-state index in [9.17, 15) is 0 Å². The molecule has 0 saturated heterocycles. The topological polar surface area (TPSA) is 12.0 Å². The molecule has 1 rings (SSSR count). The first-order valence-corrected chi connectivity index (χ1v) is 3.68. The third-order valence-electron chi connectivity index (χ3n) is 1.66. The van der Waals surface area contributed by atoms with Crippen LogP contribution in [0.5, 0.6) is 0 Å². The van der Waals surface area contributed by atoms with Gasteiger partial charge in [-0.15, -0.1) is 12.4 Å². The number of anilines is 1. The Morgan fingerprint density at radius 3 is 2.33 bits per heavy atom. The Labute approximate surface area is 79.9 Å². The molecule has 66 valence electrons. The van der Waals surface area contributed by atoms with Gasteiger partial charge in [-0.05, 0) is 24.1 Å². The third-order valence-corrected chi connectivity index (χ3v) is 1.66. The van der Waals surface area contributed by atoms with E-state index in [0.29, 0.717) is 0 Å². The minimum absolute atomic E-state index is 0. The fraction of sp³-hybridized carbons (Fsp3) is 0.200. The van der Waals surface area contributed by atoms with Gasteiger partial charge < -0.3 is 5.32 Å². The van der Waals surface area contributed by atoms with Crippen molar-refractivity contribution in [1.82, 2.24) is 0 Å². The highest BCUT2D eigenvalue weighted by atomic mass is 35.5. The lowest BCUT2D eigenvalue weighted by Gasteiger charge is -2.06. The molecule has 1 nitrogen and oxygen atoms in total. The molecule has 0 aliphatic rings. The van der Waals surface area contributed by atoms with Gasteiger partial charge in [-0.1, -0.05) is 24.8 Å². The van der Waals surface area contributed by atoms with E-state index in [1.165, 1.54) is 5.56 Å². The maximum Gasteiger partial charge on any atom is 0.0413 e. The van der Waals surface area contributed by atoms with Crippen LogP contribution in [0.25, 0.3) is 5.57 Å². The molecular formula is C10H14ClN. The van der Waals surface area contributed by atoms with Crippen molar-refractivity contribution in [2.75, 3.05) is 12.4 Å². The Morgan fingerprint density at radius 2 is 1.92 bits per heavy atom. The third kappa shape index (κ3) is 2.28. The summed E-state index contributed by atoms with van der Waals surface area (Å²) in [5.41, 5.74) is 3.42. The van der Waals surface area contributed by atoms with Crippen LogP contribution in [0.3, 0.4) is 0 Å². The van der Waals surface area contributed by atoms with Crippen molar-refractivity contribution in [1.29, 1.82) is 0 Å². The number of hydrogen-bond acceptors (Lipinski definition) is 1. The second kappa shape index (κ2) is 4.83. The summed E-state index contributed by atoms with van der Waals surface area (Å²) >= 11 is 0. The van der Waals surface area contributed by atoms with Gasteiger partial charge in [0.25, 0.3) is 0 Å². The Balaban J connectivity index is 0.00000121. The van der Waals surface area contributed by atoms with Crippen LogP contribution in [-0.2, 0) is 0 Å². The van der Waals surface area contributed by atoms with Gasteiger partial charge in [-0.3, -0.25) is 0 Å². The molecule has 0 saturated carbocycles.